The molecule has 0 atom stereocenters. The third-order valence-corrected chi connectivity index (χ3v) is 6.78. The fourth-order valence-electron chi connectivity index (χ4n) is 2.23. The van der Waals surface area contributed by atoms with Crippen LogP contribution >= 0.6 is 23.1 Å². The molecule has 0 aliphatic carbocycles. The van der Waals surface area contributed by atoms with E-state index >= 15 is 0 Å². The number of hydrogen-bond acceptors (Lipinski definition) is 7. The summed E-state index contributed by atoms with van der Waals surface area (Å²) in [7, 11) is -3.69. The Balaban J connectivity index is 1.76. The lowest BCUT2D eigenvalue weighted by Crippen LogP contribution is -2.15. The molecule has 0 radical (unpaired) electrons. The summed E-state index contributed by atoms with van der Waals surface area (Å²) in [6.45, 7) is 1.73. The van der Waals surface area contributed by atoms with Gasteiger partial charge in [0.15, 0.2) is 4.34 Å². The standard InChI is InChI=1S/C17H16N4O3S3/c1-11-10-12(15(22)18-16-19-20-17(25-2)26-16)8-9-14(11)21-27(23,24)13-6-4-3-5-7-13/h3-10,21H,1-2H3,(H,18,19,22). The number of aromatic nitrogens is 2. The van der Waals surface area contributed by atoms with Crippen LogP contribution in [0, 0.1) is 6.92 Å². The van der Waals surface area contributed by atoms with Crippen molar-refractivity contribution in [2.24, 2.45) is 0 Å². The van der Waals surface area contributed by atoms with E-state index < -0.39 is 10.0 Å². The lowest BCUT2D eigenvalue weighted by molar-refractivity contribution is 0.102. The predicted octanol–water partition coefficient (Wildman–Crippen LogP) is 3.62. The average molecular weight is 421 g/mol. The summed E-state index contributed by atoms with van der Waals surface area (Å²) in [5.41, 5.74) is 1.44. The lowest BCUT2D eigenvalue weighted by Gasteiger charge is -2.11. The molecule has 1 amide bonds. The molecule has 27 heavy (non-hydrogen) atoms. The summed E-state index contributed by atoms with van der Waals surface area (Å²) >= 11 is 2.73. The van der Waals surface area contributed by atoms with Crippen LogP contribution in [0.15, 0.2) is 57.8 Å². The molecule has 0 bridgehead atoms. The van der Waals surface area contributed by atoms with Crippen LogP contribution in [0.4, 0.5) is 10.8 Å². The molecule has 0 saturated carbocycles. The molecular weight excluding hydrogens is 404 g/mol. The van der Waals surface area contributed by atoms with E-state index in [4.69, 9.17) is 0 Å². The molecule has 0 aliphatic rings. The van der Waals surface area contributed by atoms with E-state index in [2.05, 4.69) is 20.2 Å². The van der Waals surface area contributed by atoms with Gasteiger partial charge in [-0.2, -0.15) is 0 Å². The van der Waals surface area contributed by atoms with E-state index in [1.54, 1.807) is 43.3 Å². The van der Waals surface area contributed by atoms with E-state index in [9.17, 15) is 13.2 Å². The summed E-state index contributed by atoms with van der Waals surface area (Å²) in [4.78, 5) is 12.5. The number of rotatable bonds is 6. The highest BCUT2D eigenvalue weighted by atomic mass is 32.2. The van der Waals surface area contributed by atoms with Gasteiger partial charge >= 0.3 is 0 Å². The SMILES string of the molecule is CSc1nnc(NC(=O)c2ccc(NS(=O)(=O)c3ccccc3)c(C)c2)s1. The molecule has 0 unspecified atom stereocenters. The summed E-state index contributed by atoms with van der Waals surface area (Å²) in [6.07, 6.45) is 1.88. The number of nitrogens with one attached hydrogen (secondary N) is 2. The van der Waals surface area contributed by atoms with Crippen LogP contribution in [0.3, 0.4) is 0 Å². The molecule has 3 aromatic rings. The molecule has 3 rings (SSSR count). The first-order valence-corrected chi connectivity index (χ1v) is 11.3. The second-order valence-corrected chi connectivity index (χ2v) is 9.19. The van der Waals surface area contributed by atoms with Crippen LogP contribution in [0.25, 0.3) is 0 Å². The van der Waals surface area contributed by atoms with Gasteiger partial charge in [-0.1, -0.05) is 41.3 Å². The highest BCUT2D eigenvalue weighted by Crippen LogP contribution is 2.25. The smallest absolute Gasteiger partial charge is 0.261 e. The Morgan fingerprint density at radius 2 is 1.85 bits per heavy atom. The van der Waals surface area contributed by atoms with Crippen LogP contribution in [0.5, 0.6) is 0 Å². The Morgan fingerprint density at radius 1 is 1.11 bits per heavy atom. The lowest BCUT2D eigenvalue weighted by atomic mass is 10.1. The van der Waals surface area contributed by atoms with Crippen molar-refractivity contribution in [3.05, 3.63) is 59.7 Å². The Morgan fingerprint density at radius 3 is 2.48 bits per heavy atom. The number of aryl methyl sites for hydroxylation is 1. The first-order valence-electron chi connectivity index (χ1n) is 7.76. The second kappa shape index (κ2) is 8.07. The van der Waals surface area contributed by atoms with E-state index in [1.165, 1.54) is 35.2 Å². The van der Waals surface area contributed by atoms with E-state index in [0.717, 1.165) is 4.34 Å². The first kappa shape index (κ1) is 19.3. The Kier molecular flexibility index (Phi) is 5.78. The number of amides is 1. The first-order chi connectivity index (χ1) is 12.9. The molecule has 0 spiro atoms. The number of sulfonamides is 1. The van der Waals surface area contributed by atoms with Gasteiger partial charge in [-0.05, 0) is 49.1 Å². The number of carbonyl (C=O) groups excluding carboxylic acids is 1. The molecule has 10 heteroatoms. The van der Waals surface area contributed by atoms with Crippen molar-refractivity contribution >= 4 is 49.8 Å². The Labute approximate surface area is 165 Å². The zero-order chi connectivity index (χ0) is 19.4. The van der Waals surface area contributed by atoms with Gasteiger partial charge in [-0.25, -0.2) is 8.42 Å². The molecule has 2 N–H and O–H groups in total. The van der Waals surface area contributed by atoms with Gasteiger partial charge in [-0.15, -0.1) is 10.2 Å². The molecule has 0 fully saturated rings. The van der Waals surface area contributed by atoms with Crippen molar-refractivity contribution in [1.29, 1.82) is 0 Å². The minimum absolute atomic E-state index is 0.173. The summed E-state index contributed by atoms with van der Waals surface area (Å²) < 4.78 is 28.2. The average Bonchev–Trinajstić information content (AvgIpc) is 3.11. The Hall–Kier alpha value is -2.43. The molecule has 1 aromatic heterocycles. The van der Waals surface area contributed by atoms with Crippen molar-refractivity contribution < 1.29 is 13.2 Å². The normalized spacial score (nSPS) is 11.2. The zero-order valence-electron chi connectivity index (χ0n) is 14.5. The van der Waals surface area contributed by atoms with Gasteiger partial charge < -0.3 is 0 Å². The monoisotopic (exact) mass is 420 g/mol. The van der Waals surface area contributed by atoms with E-state index in [1.807, 2.05) is 6.26 Å². The highest BCUT2D eigenvalue weighted by Gasteiger charge is 2.16. The van der Waals surface area contributed by atoms with E-state index in [0.29, 0.717) is 21.9 Å². The maximum Gasteiger partial charge on any atom is 0.261 e. The van der Waals surface area contributed by atoms with Gasteiger partial charge in [0.25, 0.3) is 15.9 Å². The molecule has 2 aromatic carbocycles. The minimum atomic E-state index is -3.69. The fourth-order valence-corrected chi connectivity index (χ4v) is 4.55. The molecule has 7 nitrogen and oxygen atoms in total. The van der Waals surface area contributed by atoms with Crippen LogP contribution in [-0.4, -0.2) is 30.8 Å². The number of nitrogens with zero attached hydrogens (tertiary/aromatic N) is 2. The maximum absolute atomic E-state index is 12.4. The number of thioether (sulfide) groups is 1. The van der Waals surface area contributed by atoms with Crippen LogP contribution in [0.2, 0.25) is 0 Å². The Bertz CT molecular complexity index is 1070. The second-order valence-electron chi connectivity index (χ2n) is 5.48. The quantitative estimate of drug-likeness (QED) is 0.467. The number of benzene rings is 2. The van der Waals surface area contributed by atoms with Gasteiger partial charge in [0.2, 0.25) is 5.13 Å². The summed E-state index contributed by atoms with van der Waals surface area (Å²) in [5.74, 6) is -0.334. The third kappa shape index (κ3) is 4.65. The third-order valence-electron chi connectivity index (χ3n) is 3.59. The number of hydrogen-bond donors (Lipinski definition) is 2. The molecule has 0 saturated heterocycles. The van der Waals surface area contributed by atoms with Gasteiger partial charge in [-0.3, -0.25) is 14.8 Å². The molecule has 1 heterocycles. The number of carbonyl (C=O) groups is 1. The van der Waals surface area contributed by atoms with Gasteiger partial charge in [0, 0.05) is 5.56 Å². The van der Waals surface area contributed by atoms with Gasteiger partial charge in [0.1, 0.15) is 0 Å². The molecular formula is C17H16N4O3S3. The highest BCUT2D eigenvalue weighted by molar-refractivity contribution is 8.00. The van der Waals surface area contributed by atoms with Crippen molar-refractivity contribution in [3.63, 3.8) is 0 Å². The fraction of sp³-hybridized carbons (Fsp3) is 0.118. The predicted molar refractivity (Wildman–Crippen MR) is 108 cm³/mol. The van der Waals surface area contributed by atoms with Crippen molar-refractivity contribution in [3.8, 4) is 0 Å². The maximum atomic E-state index is 12.4. The summed E-state index contributed by atoms with van der Waals surface area (Å²) in [6, 6.07) is 12.8. The number of anilines is 2. The van der Waals surface area contributed by atoms with Crippen LogP contribution < -0.4 is 10.0 Å². The summed E-state index contributed by atoms with van der Waals surface area (Å²) in [5, 5.41) is 10.9. The zero-order valence-corrected chi connectivity index (χ0v) is 16.9. The topological polar surface area (TPSA) is 101 Å². The molecule has 0 aliphatic heterocycles. The van der Waals surface area contributed by atoms with Crippen LogP contribution in [0.1, 0.15) is 15.9 Å². The van der Waals surface area contributed by atoms with Crippen molar-refractivity contribution in [1.82, 2.24) is 10.2 Å². The van der Waals surface area contributed by atoms with Crippen LogP contribution in [-0.2, 0) is 10.0 Å². The minimum Gasteiger partial charge on any atom is -0.296 e. The van der Waals surface area contributed by atoms with Crippen molar-refractivity contribution in [2.75, 3.05) is 16.3 Å². The van der Waals surface area contributed by atoms with Gasteiger partial charge in [0.05, 0.1) is 10.6 Å². The molecule has 140 valence electrons. The van der Waals surface area contributed by atoms with Crippen molar-refractivity contribution in [2.45, 2.75) is 16.2 Å². The largest absolute Gasteiger partial charge is 0.296 e. The van der Waals surface area contributed by atoms with E-state index in [-0.39, 0.29) is 10.8 Å².